The van der Waals surface area contributed by atoms with Gasteiger partial charge in [-0.05, 0) is 33.2 Å². The zero-order valence-electron chi connectivity index (χ0n) is 11.4. The first-order valence-electron chi connectivity index (χ1n) is 5.82. The van der Waals surface area contributed by atoms with Crippen LogP contribution in [0.5, 0.6) is 5.75 Å². The molecule has 100 valence electrons. The van der Waals surface area contributed by atoms with Crippen LogP contribution in [-0.4, -0.2) is 44.6 Å². The van der Waals surface area contributed by atoms with Gasteiger partial charge in [-0.25, -0.2) is 0 Å². The average molecular weight is 251 g/mol. The molecular weight excluding hydrogens is 230 g/mol. The third kappa shape index (κ3) is 4.25. The van der Waals surface area contributed by atoms with Gasteiger partial charge in [-0.2, -0.15) is 0 Å². The molecule has 0 bridgehead atoms. The Morgan fingerprint density at radius 1 is 1.44 bits per heavy atom. The fourth-order valence-corrected chi connectivity index (χ4v) is 1.77. The summed E-state index contributed by atoms with van der Waals surface area (Å²) in [6.45, 7) is 2.74. The summed E-state index contributed by atoms with van der Waals surface area (Å²) >= 11 is 0. The Balaban J connectivity index is 2.74. The van der Waals surface area contributed by atoms with Crippen LogP contribution in [-0.2, 0) is 0 Å². The normalized spacial score (nSPS) is 12.3. The molecule has 1 aromatic rings. The molecule has 1 aromatic carbocycles. The average Bonchev–Trinajstić information content (AvgIpc) is 2.26. The number of hydrogen-bond donors (Lipinski definition) is 2. The second kappa shape index (κ2) is 6.26. The van der Waals surface area contributed by atoms with Crippen molar-refractivity contribution in [3.63, 3.8) is 0 Å². The van der Waals surface area contributed by atoms with Crippen LogP contribution in [0.25, 0.3) is 0 Å². The van der Waals surface area contributed by atoms with Gasteiger partial charge in [-0.15, -0.1) is 0 Å². The van der Waals surface area contributed by atoms with Gasteiger partial charge >= 0.3 is 0 Å². The van der Waals surface area contributed by atoms with Crippen LogP contribution >= 0.6 is 0 Å². The molecule has 1 amide bonds. The Bertz CT molecular complexity index is 419. The van der Waals surface area contributed by atoms with Crippen LogP contribution in [0.2, 0.25) is 0 Å². The zero-order valence-corrected chi connectivity index (χ0v) is 11.4. The van der Waals surface area contributed by atoms with Gasteiger partial charge in [-0.3, -0.25) is 4.79 Å². The Morgan fingerprint density at radius 2 is 2.11 bits per heavy atom. The molecule has 1 unspecified atom stereocenters. The topological polar surface area (TPSA) is 67.6 Å². The van der Waals surface area contributed by atoms with Gasteiger partial charge in [0.1, 0.15) is 5.75 Å². The van der Waals surface area contributed by atoms with Gasteiger partial charge in [0.25, 0.3) is 5.91 Å². The van der Waals surface area contributed by atoms with E-state index in [9.17, 15) is 4.79 Å². The molecule has 0 saturated heterocycles. The van der Waals surface area contributed by atoms with E-state index < -0.39 is 0 Å². The monoisotopic (exact) mass is 251 g/mol. The first-order valence-corrected chi connectivity index (χ1v) is 5.82. The lowest BCUT2D eigenvalue weighted by Gasteiger charge is -2.18. The van der Waals surface area contributed by atoms with Crippen molar-refractivity contribution in [2.24, 2.45) is 0 Å². The second-order valence-corrected chi connectivity index (χ2v) is 4.63. The van der Waals surface area contributed by atoms with Crippen molar-refractivity contribution in [1.82, 2.24) is 10.2 Å². The summed E-state index contributed by atoms with van der Waals surface area (Å²) in [6.07, 6.45) is 0. The fourth-order valence-electron chi connectivity index (χ4n) is 1.77. The van der Waals surface area contributed by atoms with Crippen LogP contribution in [0.3, 0.4) is 0 Å². The number of carbonyl (C=O) groups excluding carboxylic acids is 1. The number of nitrogens with zero attached hydrogens (tertiary/aromatic N) is 1. The number of nitrogens with one attached hydrogen (secondary N) is 1. The van der Waals surface area contributed by atoms with Gasteiger partial charge < -0.3 is 20.7 Å². The van der Waals surface area contributed by atoms with Crippen LogP contribution in [0.15, 0.2) is 18.2 Å². The van der Waals surface area contributed by atoms with E-state index in [1.807, 2.05) is 25.9 Å². The smallest absolute Gasteiger partial charge is 0.251 e. The van der Waals surface area contributed by atoms with Crippen molar-refractivity contribution in [3.8, 4) is 5.75 Å². The van der Waals surface area contributed by atoms with Crippen molar-refractivity contribution in [2.45, 2.75) is 13.0 Å². The summed E-state index contributed by atoms with van der Waals surface area (Å²) in [7, 11) is 5.48. The summed E-state index contributed by atoms with van der Waals surface area (Å²) in [5.41, 5.74) is 6.74. The number of amides is 1. The summed E-state index contributed by atoms with van der Waals surface area (Å²) in [6, 6.07) is 5.06. The lowest BCUT2D eigenvalue weighted by molar-refractivity contribution is 0.0934. The van der Waals surface area contributed by atoms with Crippen LogP contribution in [0.1, 0.15) is 17.3 Å². The van der Waals surface area contributed by atoms with Crippen molar-refractivity contribution >= 4 is 11.6 Å². The molecule has 0 radical (unpaired) electrons. The number of rotatable bonds is 5. The van der Waals surface area contributed by atoms with E-state index in [0.29, 0.717) is 17.0 Å². The lowest BCUT2D eigenvalue weighted by atomic mass is 10.1. The van der Waals surface area contributed by atoms with E-state index in [1.54, 1.807) is 25.3 Å². The van der Waals surface area contributed by atoms with Crippen molar-refractivity contribution in [2.75, 3.05) is 33.5 Å². The molecule has 5 nitrogen and oxygen atoms in total. The minimum atomic E-state index is -0.144. The number of methoxy groups -OCH3 is 1. The molecule has 0 heterocycles. The van der Waals surface area contributed by atoms with Crippen LogP contribution in [0, 0.1) is 0 Å². The molecule has 18 heavy (non-hydrogen) atoms. The second-order valence-electron chi connectivity index (χ2n) is 4.63. The van der Waals surface area contributed by atoms with Gasteiger partial charge in [0, 0.05) is 29.9 Å². The fraction of sp³-hybridized carbons (Fsp3) is 0.462. The molecule has 0 fully saturated rings. The van der Waals surface area contributed by atoms with E-state index in [0.717, 1.165) is 6.54 Å². The number of nitrogen functional groups attached to an aromatic ring is 1. The Morgan fingerprint density at radius 3 is 2.67 bits per heavy atom. The molecule has 0 aliphatic rings. The maximum atomic E-state index is 12.0. The number of ether oxygens (including phenoxy) is 1. The molecule has 0 saturated carbocycles. The number of nitrogens with two attached hydrogens (primary N) is 1. The molecule has 5 heteroatoms. The van der Waals surface area contributed by atoms with E-state index in [1.165, 1.54) is 0 Å². The molecular formula is C13H21N3O2. The Hall–Kier alpha value is -1.75. The van der Waals surface area contributed by atoms with Crippen molar-refractivity contribution < 1.29 is 9.53 Å². The zero-order chi connectivity index (χ0) is 13.7. The largest absolute Gasteiger partial charge is 0.497 e. The molecule has 3 N–H and O–H groups in total. The minimum Gasteiger partial charge on any atom is -0.497 e. The van der Waals surface area contributed by atoms with Gasteiger partial charge in [-0.1, -0.05) is 0 Å². The standard InChI is InChI=1S/C13H21N3O2/c1-9(8-16(2)3)15-13(17)10-5-11(14)7-12(6-10)18-4/h5-7,9H,8,14H2,1-4H3,(H,15,17). The third-order valence-corrected chi connectivity index (χ3v) is 2.44. The quantitative estimate of drug-likeness (QED) is 0.765. The third-order valence-electron chi connectivity index (χ3n) is 2.44. The van der Waals surface area contributed by atoms with Crippen molar-refractivity contribution in [3.05, 3.63) is 23.8 Å². The highest BCUT2D eigenvalue weighted by Crippen LogP contribution is 2.18. The summed E-state index contributed by atoms with van der Waals surface area (Å²) in [5, 5.41) is 2.91. The van der Waals surface area contributed by atoms with Gasteiger partial charge in [0.2, 0.25) is 0 Å². The van der Waals surface area contributed by atoms with E-state index in [2.05, 4.69) is 5.32 Å². The van der Waals surface area contributed by atoms with Crippen LogP contribution in [0.4, 0.5) is 5.69 Å². The maximum Gasteiger partial charge on any atom is 0.251 e. The summed E-state index contributed by atoms with van der Waals surface area (Å²) in [4.78, 5) is 14.0. The highest BCUT2D eigenvalue weighted by Gasteiger charge is 2.12. The summed E-state index contributed by atoms with van der Waals surface area (Å²) in [5.74, 6) is 0.440. The SMILES string of the molecule is COc1cc(N)cc(C(=O)NC(C)CN(C)C)c1. The van der Waals surface area contributed by atoms with Crippen LogP contribution < -0.4 is 15.8 Å². The number of carbonyl (C=O) groups is 1. The number of hydrogen-bond acceptors (Lipinski definition) is 4. The molecule has 1 atom stereocenters. The highest BCUT2D eigenvalue weighted by molar-refractivity contribution is 5.95. The number of benzene rings is 1. The van der Waals surface area contributed by atoms with E-state index in [4.69, 9.17) is 10.5 Å². The molecule has 0 spiro atoms. The summed E-state index contributed by atoms with van der Waals surface area (Å²) < 4.78 is 5.09. The first-order chi connectivity index (χ1) is 8.42. The lowest BCUT2D eigenvalue weighted by Crippen LogP contribution is -2.39. The van der Waals surface area contributed by atoms with E-state index in [-0.39, 0.29) is 11.9 Å². The first kappa shape index (κ1) is 14.3. The predicted octanol–water partition coefficient (Wildman–Crippen LogP) is 0.957. The van der Waals surface area contributed by atoms with E-state index >= 15 is 0 Å². The Labute approximate surface area is 108 Å². The van der Waals surface area contributed by atoms with Crippen molar-refractivity contribution in [1.29, 1.82) is 0 Å². The number of anilines is 1. The van der Waals surface area contributed by atoms with Gasteiger partial charge in [0.15, 0.2) is 0 Å². The number of likely N-dealkylation sites (N-methyl/N-ethyl adjacent to an activating group) is 1. The molecule has 0 aromatic heterocycles. The maximum absolute atomic E-state index is 12.0. The highest BCUT2D eigenvalue weighted by atomic mass is 16.5. The molecule has 0 aliphatic heterocycles. The predicted molar refractivity (Wildman–Crippen MR) is 72.9 cm³/mol. The van der Waals surface area contributed by atoms with Gasteiger partial charge in [0.05, 0.1) is 7.11 Å². The molecule has 1 rings (SSSR count). The Kier molecular flexibility index (Phi) is 4.97. The minimum absolute atomic E-state index is 0.0694. The molecule has 0 aliphatic carbocycles.